The van der Waals surface area contributed by atoms with Crippen LogP contribution in [-0.4, -0.2) is 51.8 Å². The first-order valence-corrected chi connectivity index (χ1v) is 8.51. The SMILES string of the molecule is CS(=O)(=O)c1ccccc1CC(=O)N1CCCOCC1. The van der Waals surface area contributed by atoms with Crippen molar-refractivity contribution in [2.24, 2.45) is 0 Å². The second-order valence-corrected chi connectivity index (χ2v) is 6.89. The van der Waals surface area contributed by atoms with Crippen molar-refractivity contribution < 1.29 is 17.9 Å². The van der Waals surface area contributed by atoms with Crippen LogP contribution in [0, 0.1) is 0 Å². The van der Waals surface area contributed by atoms with Gasteiger partial charge in [-0.2, -0.15) is 0 Å². The molecule has 1 saturated heterocycles. The van der Waals surface area contributed by atoms with E-state index in [0.717, 1.165) is 12.7 Å². The fourth-order valence-corrected chi connectivity index (χ4v) is 3.22. The molecular weight excluding hydrogens is 278 g/mol. The first-order chi connectivity index (χ1) is 9.48. The lowest BCUT2D eigenvalue weighted by molar-refractivity contribution is -0.130. The van der Waals surface area contributed by atoms with Crippen molar-refractivity contribution in [3.8, 4) is 0 Å². The average Bonchev–Trinajstić information content (AvgIpc) is 2.67. The Bertz CT molecular complexity index is 575. The summed E-state index contributed by atoms with van der Waals surface area (Å²) in [5.74, 6) is -0.0494. The van der Waals surface area contributed by atoms with Crippen molar-refractivity contribution in [1.29, 1.82) is 0 Å². The summed E-state index contributed by atoms with van der Waals surface area (Å²) in [7, 11) is -3.31. The number of sulfone groups is 1. The Morgan fingerprint density at radius 2 is 2.00 bits per heavy atom. The zero-order valence-corrected chi connectivity index (χ0v) is 12.4. The maximum atomic E-state index is 12.3. The lowest BCUT2D eigenvalue weighted by Crippen LogP contribution is -2.34. The maximum absolute atomic E-state index is 12.3. The molecule has 1 aromatic carbocycles. The molecule has 0 radical (unpaired) electrons. The van der Waals surface area contributed by atoms with Crippen LogP contribution in [0.1, 0.15) is 12.0 Å². The van der Waals surface area contributed by atoms with E-state index in [-0.39, 0.29) is 17.2 Å². The highest BCUT2D eigenvalue weighted by Crippen LogP contribution is 2.17. The quantitative estimate of drug-likeness (QED) is 0.831. The molecule has 0 unspecified atom stereocenters. The zero-order chi connectivity index (χ0) is 14.6. The van der Waals surface area contributed by atoms with Gasteiger partial charge in [-0.25, -0.2) is 8.42 Å². The first-order valence-electron chi connectivity index (χ1n) is 6.62. The average molecular weight is 297 g/mol. The van der Waals surface area contributed by atoms with Gasteiger partial charge in [0.2, 0.25) is 5.91 Å². The summed E-state index contributed by atoms with van der Waals surface area (Å²) in [6.07, 6.45) is 2.10. The number of ether oxygens (including phenoxy) is 1. The van der Waals surface area contributed by atoms with Crippen LogP contribution >= 0.6 is 0 Å². The Morgan fingerprint density at radius 1 is 1.25 bits per heavy atom. The van der Waals surface area contributed by atoms with E-state index in [4.69, 9.17) is 4.74 Å². The second kappa shape index (κ2) is 6.37. The molecule has 1 aliphatic rings. The molecule has 1 fully saturated rings. The molecule has 2 rings (SSSR count). The van der Waals surface area contributed by atoms with Gasteiger partial charge in [0.15, 0.2) is 9.84 Å². The summed E-state index contributed by atoms with van der Waals surface area (Å²) < 4.78 is 28.8. The monoisotopic (exact) mass is 297 g/mol. The third-order valence-electron chi connectivity index (χ3n) is 3.29. The van der Waals surface area contributed by atoms with Gasteiger partial charge in [-0.3, -0.25) is 4.79 Å². The third kappa shape index (κ3) is 3.80. The maximum Gasteiger partial charge on any atom is 0.227 e. The number of hydrogen-bond acceptors (Lipinski definition) is 4. The number of nitrogens with zero attached hydrogens (tertiary/aromatic N) is 1. The molecule has 6 heteroatoms. The highest BCUT2D eigenvalue weighted by Gasteiger charge is 2.19. The van der Waals surface area contributed by atoms with E-state index in [1.807, 2.05) is 0 Å². The molecule has 0 N–H and O–H groups in total. The predicted octanol–water partition coefficient (Wildman–Crippen LogP) is 0.882. The van der Waals surface area contributed by atoms with Crippen molar-refractivity contribution in [1.82, 2.24) is 4.90 Å². The van der Waals surface area contributed by atoms with E-state index in [1.54, 1.807) is 29.2 Å². The van der Waals surface area contributed by atoms with Gasteiger partial charge in [-0.05, 0) is 18.1 Å². The van der Waals surface area contributed by atoms with Gasteiger partial charge in [0.25, 0.3) is 0 Å². The normalized spacial score (nSPS) is 16.8. The van der Waals surface area contributed by atoms with Gasteiger partial charge in [0.1, 0.15) is 0 Å². The van der Waals surface area contributed by atoms with Gasteiger partial charge in [0, 0.05) is 26.0 Å². The summed E-state index contributed by atoms with van der Waals surface area (Å²) in [6, 6.07) is 6.67. The van der Waals surface area contributed by atoms with Crippen molar-refractivity contribution in [2.45, 2.75) is 17.7 Å². The Balaban J connectivity index is 2.15. The summed E-state index contributed by atoms with van der Waals surface area (Å²) in [5, 5.41) is 0. The number of hydrogen-bond donors (Lipinski definition) is 0. The molecule has 0 spiro atoms. The lowest BCUT2D eigenvalue weighted by Gasteiger charge is -2.20. The summed E-state index contributed by atoms with van der Waals surface area (Å²) in [4.78, 5) is 14.3. The van der Waals surface area contributed by atoms with E-state index in [1.165, 1.54) is 0 Å². The molecular formula is C14H19NO4S. The van der Waals surface area contributed by atoms with Crippen LogP contribution in [0.15, 0.2) is 29.2 Å². The number of benzene rings is 1. The van der Waals surface area contributed by atoms with E-state index in [0.29, 0.717) is 31.9 Å². The highest BCUT2D eigenvalue weighted by molar-refractivity contribution is 7.90. The largest absolute Gasteiger partial charge is 0.380 e. The molecule has 5 nitrogen and oxygen atoms in total. The molecule has 1 heterocycles. The second-order valence-electron chi connectivity index (χ2n) is 4.90. The van der Waals surface area contributed by atoms with Gasteiger partial charge >= 0.3 is 0 Å². The fraction of sp³-hybridized carbons (Fsp3) is 0.500. The molecule has 1 aliphatic heterocycles. The first kappa shape index (κ1) is 15.0. The standard InChI is InChI=1S/C14H19NO4S/c1-20(17,18)13-6-3-2-5-12(13)11-14(16)15-7-4-9-19-10-8-15/h2-3,5-6H,4,7-11H2,1H3. The molecule has 20 heavy (non-hydrogen) atoms. The topological polar surface area (TPSA) is 63.7 Å². The Hall–Kier alpha value is -1.40. The number of carbonyl (C=O) groups is 1. The molecule has 0 aromatic heterocycles. The minimum atomic E-state index is -3.31. The molecule has 1 aromatic rings. The van der Waals surface area contributed by atoms with E-state index in [9.17, 15) is 13.2 Å². The van der Waals surface area contributed by atoms with Crippen molar-refractivity contribution in [2.75, 3.05) is 32.6 Å². The Labute approximate surface area is 119 Å². The fourth-order valence-electron chi connectivity index (χ4n) is 2.28. The van der Waals surface area contributed by atoms with Crippen LogP contribution < -0.4 is 0 Å². The Kier molecular flexibility index (Phi) is 4.77. The van der Waals surface area contributed by atoms with Crippen molar-refractivity contribution >= 4 is 15.7 Å². The molecule has 0 atom stereocenters. The predicted molar refractivity (Wildman–Crippen MR) is 75.3 cm³/mol. The highest BCUT2D eigenvalue weighted by atomic mass is 32.2. The smallest absolute Gasteiger partial charge is 0.227 e. The molecule has 0 aliphatic carbocycles. The van der Waals surface area contributed by atoms with Crippen LogP contribution in [0.4, 0.5) is 0 Å². The van der Waals surface area contributed by atoms with Crippen molar-refractivity contribution in [3.63, 3.8) is 0 Å². The Morgan fingerprint density at radius 3 is 2.75 bits per heavy atom. The van der Waals surface area contributed by atoms with E-state index < -0.39 is 9.84 Å². The number of rotatable bonds is 3. The summed E-state index contributed by atoms with van der Waals surface area (Å²) >= 11 is 0. The molecule has 110 valence electrons. The minimum absolute atomic E-state index is 0.0494. The van der Waals surface area contributed by atoms with Crippen molar-refractivity contribution in [3.05, 3.63) is 29.8 Å². The lowest BCUT2D eigenvalue weighted by atomic mass is 10.1. The van der Waals surface area contributed by atoms with Gasteiger partial charge in [-0.15, -0.1) is 0 Å². The van der Waals surface area contributed by atoms with Crippen LogP contribution in [0.2, 0.25) is 0 Å². The summed E-state index contributed by atoms with van der Waals surface area (Å²) in [6.45, 7) is 2.45. The molecule has 0 bridgehead atoms. The van der Waals surface area contributed by atoms with Gasteiger partial charge in [-0.1, -0.05) is 18.2 Å². The van der Waals surface area contributed by atoms with Gasteiger partial charge in [0.05, 0.1) is 17.9 Å². The van der Waals surface area contributed by atoms with Crippen LogP contribution in [-0.2, 0) is 25.8 Å². The van der Waals surface area contributed by atoms with Crippen LogP contribution in [0.3, 0.4) is 0 Å². The van der Waals surface area contributed by atoms with Gasteiger partial charge < -0.3 is 9.64 Å². The van der Waals surface area contributed by atoms with E-state index in [2.05, 4.69) is 0 Å². The molecule has 1 amide bonds. The summed E-state index contributed by atoms with van der Waals surface area (Å²) in [5.41, 5.74) is 0.560. The van der Waals surface area contributed by atoms with E-state index >= 15 is 0 Å². The zero-order valence-electron chi connectivity index (χ0n) is 11.5. The molecule has 0 saturated carbocycles. The third-order valence-corrected chi connectivity index (χ3v) is 4.49. The number of carbonyl (C=O) groups excluding carboxylic acids is 1. The van der Waals surface area contributed by atoms with Crippen LogP contribution in [0.5, 0.6) is 0 Å². The van der Waals surface area contributed by atoms with Crippen LogP contribution in [0.25, 0.3) is 0 Å². The number of amides is 1. The minimum Gasteiger partial charge on any atom is -0.380 e.